The summed E-state index contributed by atoms with van der Waals surface area (Å²) < 4.78 is 0.657. The van der Waals surface area contributed by atoms with Gasteiger partial charge in [0.25, 0.3) is 0 Å². The van der Waals surface area contributed by atoms with Gasteiger partial charge in [0, 0.05) is 0 Å². The van der Waals surface area contributed by atoms with Gasteiger partial charge in [-0.25, -0.2) is 9.59 Å². The summed E-state index contributed by atoms with van der Waals surface area (Å²) >= 11 is 0. The summed E-state index contributed by atoms with van der Waals surface area (Å²) in [6, 6.07) is 0. The van der Waals surface area contributed by atoms with Crippen LogP contribution in [0.4, 0.5) is 0 Å². The maximum Gasteiger partial charge on any atom is 0.310 e. The molecule has 0 saturated carbocycles. The van der Waals surface area contributed by atoms with Crippen LogP contribution >= 0.6 is 0 Å². The van der Waals surface area contributed by atoms with Crippen LogP contribution < -0.4 is 0 Å². The van der Waals surface area contributed by atoms with Gasteiger partial charge in [-0.3, -0.25) is 8.97 Å². The molecule has 0 fully saturated rings. The molecule has 0 aromatic heterocycles. The molecule has 0 spiro atoms. The molecule has 0 aliphatic rings. The first kappa shape index (κ1) is 13.3. The average Bonchev–Trinajstić information content (AvgIpc) is 2.01. The van der Waals surface area contributed by atoms with E-state index in [0.717, 1.165) is 0 Å². The van der Waals surface area contributed by atoms with E-state index in [0.29, 0.717) is 22.1 Å². The molecule has 0 aliphatic heterocycles. The number of carbonyl (C=O) groups excluding carboxylic acids is 2. The summed E-state index contributed by atoms with van der Waals surface area (Å²) in [7, 11) is 7.45. The molecular formula is C10H22N2O2+2. The van der Waals surface area contributed by atoms with Crippen LogP contribution in [0, 0.1) is 0 Å². The number of rotatable bonds is 3. The van der Waals surface area contributed by atoms with Crippen molar-refractivity contribution in [1.29, 1.82) is 0 Å². The normalized spacial score (nSPS) is 12.7. The van der Waals surface area contributed by atoms with Gasteiger partial charge in [-0.2, -0.15) is 0 Å². The Balaban J connectivity index is 4.32. The lowest BCUT2D eigenvalue weighted by Crippen LogP contribution is -2.54. The maximum atomic E-state index is 11.2. The first-order valence-electron chi connectivity index (χ1n) is 4.78. The minimum atomic E-state index is 0.119. The molecule has 0 N–H and O–H groups in total. The summed E-state index contributed by atoms with van der Waals surface area (Å²) in [4.78, 5) is 22.5. The van der Waals surface area contributed by atoms with Crippen molar-refractivity contribution in [1.82, 2.24) is 0 Å². The van der Waals surface area contributed by atoms with Gasteiger partial charge in [0.1, 0.15) is 13.1 Å². The second-order valence-corrected chi connectivity index (χ2v) is 4.86. The highest BCUT2D eigenvalue weighted by Gasteiger charge is 2.29. The standard InChI is InChI=1S/C10H22N2O2/c1-9(13)11(3,4)7-8-12(5,6)10(2)14/h7-8H2,1-6H3/q+2. The van der Waals surface area contributed by atoms with Gasteiger partial charge in [0.2, 0.25) is 0 Å². The lowest BCUT2D eigenvalue weighted by Gasteiger charge is -2.31. The second kappa shape index (κ2) is 4.19. The van der Waals surface area contributed by atoms with E-state index < -0.39 is 0 Å². The van der Waals surface area contributed by atoms with Crippen molar-refractivity contribution in [2.24, 2.45) is 0 Å². The third kappa shape index (κ3) is 3.55. The summed E-state index contributed by atoms with van der Waals surface area (Å²) in [6.45, 7) is 4.52. The fourth-order valence-corrected chi connectivity index (χ4v) is 0.815. The van der Waals surface area contributed by atoms with Crippen molar-refractivity contribution < 1.29 is 18.6 Å². The fourth-order valence-electron chi connectivity index (χ4n) is 0.815. The van der Waals surface area contributed by atoms with E-state index in [1.165, 1.54) is 0 Å². The van der Waals surface area contributed by atoms with Gasteiger partial charge in [0.05, 0.1) is 42.0 Å². The number of nitrogens with zero attached hydrogens (tertiary/aromatic N) is 2. The zero-order valence-corrected chi connectivity index (χ0v) is 10.1. The minimum Gasteiger partial charge on any atom is -0.261 e. The van der Waals surface area contributed by atoms with Crippen LogP contribution in [0.15, 0.2) is 0 Å². The largest absolute Gasteiger partial charge is 0.310 e. The Morgan fingerprint density at radius 2 is 1.00 bits per heavy atom. The number of amides is 2. The highest BCUT2D eigenvalue weighted by Crippen LogP contribution is 2.03. The van der Waals surface area contributed by atoms with Gasteiger partial charge in [-0.05, 0) is 0 Å². The third-order valence-corrected chi connectivity index (χ3v) is 2.92. The molecule has 82 valence electrons. The fraction of sp³-hybridized carbons (Fsp3) is 0.800. The monoisotopic (exact) mass is 202 g/mol. The van der Waals surface area contributed by atoms with Crippen LogP contribution in [0.1, 0.15) is 13.8 Å². The molecule has 0 atom stereocenters. The molecule has 0 saturated heterocycles. The molecule has 0 radical (unpaired) electrons. The van der Waals surface area contributed by atoms with Crippen LogP contribution in [0.5, 0.6) is 0 Å². The number of hydrogen-bond donors (Lipinski definition) is 0. The molecule has 4 heteroatoms. The number of quaternary nitrogens is 2. The summed E-state index contributed by atoms with van der Waals surface area (Å²) in [5, 5.41) is 0. The minimum absolute atomic E-state index is 0.119. The Kier molecular flexibility index (Phi) is 3.97. The summed E-state index contributed by atoms with van der Waals surface area (Å²) in [5.74, 6) is 0.238. The van der Waals surface area contributed by atoms with Gasteiger partial charge in [-0.15, -0.1) is 0 Å². The quantitative estimate of drug-likeness (QED) is 0.614. The van der Waals surface area contributed by atoms with Crippen LogP contribution in [0.2, 0.25) is 0 Å². The topological polar surface area (TPSA) is 34.1 Å². The van der Waals surface area contributed by atoms with Crippen LogP contribution in [-0.4, -0.2) is 62.1 Å². The number of likely N-dealkylation sites (N-methyl/N-ethyl adjacent to an activating group) is 2. The zero-order valence-electron chi connectivity index (χ0n) is 10.1. The molecule has 0 unspecified atom stereocenters. The highest BCUT2D eigenvalue weighted by molar-refractivity contribution is 5.66. The smallest absolute Gasteiger partial charge is 0.261 e. The van der Waals surface area contributed by atoms with Crippen molar-refractivity contribution in [3.8, 4) is 0 Å². The summed E-state index contributed by atoms with van der Waals surface area (Å²) in [5.41, 5.74) is 0. The molecule has 0 aliphatic carbocycles. The SMILES string of the molecule is CC(=O)[N+](C)(C)CC[N+](C)(C)C(C)=O. The highest BCUT2D eigenvalue weighted by atomic mass is 16.2. The van der Waals surface area contributed by atoms with Gasteiger partial charge < -0.3 is 0 Å². The molecule has 0 aromatic carbocycles. The molecule has 0 heterocycles. The van der Waals surface area contributed by atoms with E-state index in [2.05, 4.69) is 0 Å². The van der Waals surface area contributed by atoms with Gasteiger partial charge in [0.15, 0.2) is 0 Å². The molecule has 2 amide bonds. The average molecular weight is 202 g/mol. The zero-order chi connectivity index (χ0) is 11.6. The van der Waals surface area contributed by atoms with E-state index >= 15 is 0 Å². The van der Waals surface area contributed by atoms with Gasteiger partial charge in [-0.1, -0.05) is 0 Å². The van der Waals surface area contributed by atoms with Crippen LogP contribution in [0.3, 0.4) is 0 Å². The predicted molar refractivity (Wildman–Crippen MR) is 55.3 cm³/mol. The van der Waals surface area contributed by atoms with E-state index in [1.807, 2.05) is 28.2 Å². The van der Waals surface area contributed by atoms with E-state index in [9.17, 15) is 9.59 Å². The first-order chi connectivity index (χ1) is 6.09. The lowest BCUT2D eigenvalue weighted by atomic mass is 10.3. The second-order valence-electron chi connectivity index (χ2n) is 4.86. The molecule has 0 aromatic rings. The molecule has 14 heavy (non-hydrogen) atoms. The molecule has 0 rings (SSSR count). The summed E-state index contributed by atoms with van der Waals surface area (Å²) in [6.07, 6.45) is 0. The Bertz CT molecular complexity index is 219. The Morgan fingerprint density at radius 1 is 0.786 bits per heavy atom. The first-order valence-corrected chi connectivity index (χ1v) is 4.78. The van der Waals surface area contributed by atoms with Gasteiger partial charge >= 0.3 is 11.8 Å². The lowest BCUT2D eigenvalue weighted by molar-refractivity contribution is -0.871. The van der Waals surface area contributed by atoms with E-state index in [1.54, 1.807) is 13.8 Å². The van der Waals surface area contributed by atoms with Crippen molar-refractivity contribution >= 4 is 11.8 Å². The Morgan fingerprint density at radius 3 is 1.14 bits per heavy atom. The van der Waals surface area contributed by atoms with E-state index in [4.69, 9.17) is 0 Å². The molecule has 0 bridgehead atoms. The molecular weight excluding hydrogens is 180 g/mol. The van der Waals surface area contributed by atoms with Crippen molar-refractivity contribution in [3.63, 3.8) is 0 Å². The van der Waals surface area contributed by atoms with Crippen molar-refractivity contribution in [3.05, 3.63) is 0 Å². The third-order valence-electron chi connectivity index (χ3n) is 2.92. The molecule has 4 nitrogen and oxygen atoms in total. The van der Waals surface area contributed by atoms with Crippen LogP contribution in [-0.2, 0) is 9.59 Å². The maximum absolute atomic E-state index is 11.2. The number of carbonyl (C=O) groups is 2. The predicted octanol–water partition coefficient (Wildman–Crippen LogP) is 0.232. The van der Waals surface area contributed by atoms with Crippen molar-refractivity contribution in [2.75, 3.05) is 41.3 Å². The Labute approximate surface area is 86.3 Å². The van der Waals surface area contributed by atoms with E-state index in [-0.39, 0.29) is 11.8 Å². The number of hydrogen-bond acceptors (Lipinski definition) is 2. The van der Waals surface area contributed by atoms with Crippen LogP contribution in [0.25, 0.3) is 0 Å². The Hall–Kier alpha value is -0.740. The van der Waals surface area contributed by atoms with Crippen molar-refractivity contribution in [2.45, 2.75) is 13.8 Å².